The Kier molecular flexibility index (Phi) is 7.76. The number of piperidine rings is 1. The summed E-state index contributed by atoms with van der Waals surface area (Å²) >= 11 is 0. The van der Waals surface area contributed by atoms with Crippen LogP contribution in [-0.2, 0) is 23.9 Å². The third-order valence-electron chi connectivity index (χ3n) is 8.20. The van der Waals surface area contributed by atoms with Gasteiger partial charge in [0, 0.05) is 23.9 Å². The van der Waals surface area contributed by atoms with Gasteiger partial charge in [-0.3, -0.25) is 19.2 Å². The number of carbonyl (C=O) groups excluding carboxylic acids is 4. The lowest BCUT2D eigenvalue weighted by molar-refractivity contribution is -0.178. The number of hydrogen-bond donors (Lipinski definition) is 3. The van der Waals surface area contributed by atoms with Crippen LogP contribution < -0.4 is 16.4 Å². The first kappa shape index (κ1) is 30.2. The van der Waals surface area contributed by atoms with Crippen molar-refractivity contribution in [1.82, 2.24) is 25.7 Å². The van der Waals surface area contributed by atoms with Crippen molar-refractivity contribution in [3.8, 4) is 0 Å². The molecular weight excluding hydrogens is 545 g/mol. The van der Waals surface area contributed by atoms with Gasteiger partial charge in [-0.15, -0.1) is 0 Å². The first-order chi connectivity index (χ1) is 19.0. The van der Waals surface area contributed by atoms with Crippen molar-refractivity contribution in [2.45, 2.75) is 64.5 Å². The summed E-state index contributed by atoms with van der Waals surface area (Å²) in [6.45, 7) is 8.30. The molecule has 0 spiro atoms. The molecule has 1 aliphatic carbocycles. The second kappa shape index (κ2) is 10.5. The molecule has 11 nitrogen and oxygen atoms in total. The van der Waals surface area contributed by atoms with Crippen molar-refractivity contribution in [2.75, 3.05) is 13.2 Å². The van der Waals surface area contributed by atoms with Crippen LogP contribution in [-0.4, -0.2) is 75.7 Å². The molecule has 1 aromatic carbocycles. The van der Waals surface area contributed by atoms with Crippen molar-refractivity contribution in [3.05, 3.63) is 36.2 Å². The summed E-state index contributed by atoms with van der Waals surface area (Å²) in [6.07, 6.45) is -3.76. The van der Waals surface area contributed by atoms with E-state index in [1.165, 1.54) is 20.0 Å². The fourth-order valence-corrected chi connectivity index (χ4v) is 5.95. The Bertz CT molecular complexity index is 1380. The molecule has 222 valence electrons. The summed E-state index contributed by atoms with van der Waals surface area (Å²) in [7, 11) is 0. The third-order valence-corrected chi connectivity index (χ3v) is 8.20. The molecule has 14 heteroatoms. The maximum absolute atomic E-state index is 13.9. The number of carbonyl (C=O) groups is 4. The van der Waals surface area contributed by atoms with Crippen LogP contribution in [0.5, 0.6) is 0 Å². The molecule has 1 saturated carbocycles. The number of nitrogens with zero attached hydrogens (tertiary/aromatic N) is 3. The molecule has 4 rings (SSSR count). The van der Waals surface area contributed by atoms with E-state index < -0.39 is 53.5 Å². The zero-order chi connectivity index (χ0) is 30.5. The van der Waals surface area contributed by atoms with Gasteiger partial charge in [-0.05, 0) is 38.0 Å². The maximum Gasteiger partial charge on any atom is 0.471 e. The highest BCUT2D eigenvalue weighted by Gasteiger charge is 2.70. The lowest BCUT2D eigenvalue weighted by atomic mass is 9.94. The average molecular weight is 579 g/mol. The van der Waals surface area contributed by atoms with Gasteiger partial charge in [-0.25, -0.2) is 0 Å². The van der Waals surface area contributed by atoms with E-state index in [-0.39, 0.29) is 36.1 Å². The molecule has 1 saturated heterocycles. The minimum absolute atomic E-state index is 0.0488. The third kappa shape index (κ3) is 5.56. The van der Waals surface area contributed by atoms with Crippen molar-refractivity contribution < 1.29 is 37.1 Å². The number of rotatable bonds is 9. The predicted molar refractivity (Wildman–Crippen MR) is 140 cm³/mol. The van der Waals surface area contributed by atoms with Crippen LogP contribution >= 0.6 is 0 Å². The van der Waals surface area contributed by atoms with E-state index in [0.29, 0.717) is 10.8 Å². The summed E-state index contributed by atoms with van der Waals surface area (Å²) in [5.74, 6) is -5.36. The van der Waals surface area contributed by atoms with E-state index in [4.69, 9.17) is 10.5 Å². The van der Waals surface area contributed by atoms with E-state index in [2.05, 4.69) is 15.5 Å². The van der Waals surface area contributed by atoms with E-state index >= 15 is 0 Å². The van der Waals surface area contributed by atoms with Gasteiger partial charge in [0.25, 0.3) is 0 Å². The van der Waals surface area contributed by atoms with Crippen LogP contribution in [0.25, 0.3) is 10.8 Å². The van der Waals surface area contributed by atoms with Crippen LogP contribution in [0.4, 0.5) is 13.2 Å². The molecule has 4 amide bonds. The second-order valence-electron chi connectivity index (χ2n) is 11.5. The van der Waals surface area contributed by atoms with Crippen molar-refractivity contribution >= 4 is 34.4 Å². The first-order valence-electron chi connectivity index (χ1n) is 13.1. The van der Waals surface area contributed by atoms with E-state index in [1.54, 1.807) is 36.5 Å². The molecule has 0 bridgehead atoms. The summed E-state index contributed by atoms with van der Waals surface area (Å²) < 4.78 is 45.1. The highest BCUT2D eigenvalue weighted by Crippen LogP contribution is 2.65. The van der Waals surface area contributed by atoms with Gasteiger partial charge in [0.05, 0.1) is 11.8 Å². The van der Waals surface area contributed by atoms with Crippen molar-refractivity contribution in [3.63, 3.8) is 0 Å². The number of alkyl halides is 3. The number of nitrogens with one attached hydrogen (secondary N) is 2. The topological polar surface area (TPSA) is 157 Å². The molecule has 2 fully saturated rings. The SMILES string of the molecule is CCOC(C)(C)[C@H](NC(=O)C(F)(F)F)C(=O)N1C[C@H]2[C@@H]([C@H]1C(=O)NC(C(N)=O)c1nncc3ccccc13)C2(C)C. The number of halogens is 3. The summed E-state index contributed by atoms with van der Waals surface area (Å²) in [5, 5.41) is 13.5. The van der Waals surface area contributed by atoms with Gasteiger partial charge < -0.3 is 26.0 Å². The molecule has 1 aromatic heterocycles. The monoisotopic (exact) mass is 578 g/mol. The fourth-order valence-electron chi connectivity index (χ4n) is 5.95. The van der Waals surface area contributed by atoms with Gasteiger partial charge in [0.1, 0.15) is 17.8 Å². The van der Waals surface area contributed by atoms with Gasteiger partial charge in [0.15, 0.2) is 6.04 Å². The van der Waals surface area contributed by atoms with Gasteiger partial charge in [-0.2, -0.15) is 23.4 Å². The Morgan fingerprint density at radius 1 is 1.17 bits per heavy atom. The Morgan fingerprint density at radius 3 is 2.44 bits per heavy atom. The molecule has 0 radical (unpaired) electrons. The van der Waals surface area contributed by atoms with E-state index in [9.17, 15) is 32.3 Å². The predicted octanol–water partition coefficient (Wildman–Crippen LogP) is 1.62. The maximum atomic E-state index is 13.9. The molecule has 5 atom stereocenters. The number of fused-ring (bicyclic) bond motifs is 2. The van der Waals surface area contributed by atoms with Crippen LogP contribution in [0, 0.1) is 17.3 Å². The quantitative estimate of drug-likeness (QED) is 0.408. The van der Waals surface area contributed by atoms with Crippen LogP contribution in [0.2, 0.25) is 0 Å². The standard InChI is InChI=1S/C27H33F3N6O5/c1-6-41-26(4,5)20(34-24(40)27(28,29)30)23(39)36-12-15-16(25(15,2)3)19(36)22(38)33-18(21(31)37)17-14-10-8-7-9-13(14)11-32-35-17/h7-11,15-16,18-20H,6,12H2,1-5H3,(H2,31,37)(H,33,38)(H,34,40)/t15-,16-,18?,19-,20+/m0/s1. The van der Waals surface area contributed by atoms with E-state index in [0.717, 1.165) is 4.90 Å². The van der Waals surface area contributed by atoms with Crippen molar-refractivity contribution in [2.24, 2.45) is 23.0 Å². The molecule has 4 N–H and O–H groups in total. The number of aromatic nitrogens is 2. The zero-order valence-electron chi connectivity index (χ0n) is 23.3. The first-order valence-corrected chi connectivity index (χ1v) is 13.1. The highest BCUT2D eigenvalue weighted by atomic mass is 19.4. The number of benzene rings is 1. The van der Waals surface area contributed by atoms with Crippen LogP contribution in [0.15, 0.2) is 30.5 Å². The number of primary amides is 1. The molecule has 1 aliphatic heterocycles. The molecule has 41 heavy (non-hydrogen) atoms. The summed E-state index contributed by atoms with van der Waals surface area (Å²) in [5.41, 5.74) is 3.86. The van der Waals surface area contributed by atoms with Gasteiger partial charge in [0.2, 0.25) is 17.7 Å². The number of likely N-dealkylation sites (tertiary alicyclic amines) is 1. The largest absolute Gasteiger partial charge is 0.471 e. The van der Waals surface area contributed by atoms with Crippen LogP contribution in [0.3, 0.4) is 0 Å². The summed E-state index contributed by atoms with van der Waals surface area (Å²) in [4.78, 5) is 53.3. The molecule has 2 heterocycles. The Balaban J connectivity index is 1.68. The molecular formula is C27H33F3N6O5. The smallest absolute Gasteiger partial charge is 0.373 e. The summed E-state index contributed by atoms with van der Waals surface area (Å²) in [6, 6.07) is 2.60. The fraction of sp³-hybridized carbons (Fsp3) is 0.556. The zero-order valence-corrected chi connectivity index (χ0v) is 23.3. The lowest BCUT2D eigenvalue weighted by Gasteiger charge is -2.39. The van der Waals surface area contributed by atoms with Crippen molar-refractivity contribution in [1.29, 1.82) is 0 Å². The number of hydrogen-bond acceptors (Lipinski definition) is 7. The number of nitrogens with two attached hydrogens (primary N) is 1. The average Bonchev–Trinajstić information content (AvgIpc) is 3.21. The number of ether oxygens (including phenoxy) is 1. The van der Waals surface area contributed by atoms with Crippen LogP contribution in [0.1, 0.15) is 46.4 Å². The van der Waals surface area contributed by atoms with Gasteiger partial charge >= 0.3 is 12.1 Å². The van der Waals surface area contributed by atoms with E-state index in [1.807, 2.05) is 13.8 Å². The Morgan fingerprint density at radius 2 is 1.83 bits per heavy atom. The minimum Gasteiger partial charge on any atom is -0.373 e. The molecule has 1 unspecified atom stereocenters. The molecule has 2 aliphatic rings. The molecule has 2 aromatic rings. The lowest BCUT2D eigenvalue weighted by Crippen LogP contribution is -2.64. The second-order valence-corrected chi connectivity index (χ2v) is 11.5. The highest BCUT2D eigenvalue weighted by molar-refractivity contribution is 5.98. The Labute approximate surface area is 234 Å². The van der Waals surface area contributed by atoms with Gasteiger partial charge in [-0.1, -0.05) is 38.1 Å². The normalized spacial score (nSPS) is 22.9. The number of amides is 4. The minimum atomic E-state index is -5.25. The Hall–Kier alpha value is -3.81.